The van der Waals surface area contributed by atoms with Crippen LogP contribution in [-0.4, -0.2) is 30.9 Å². The maximum absolute atomic E-state index is 12.9. The van der Waals surface area contributed by atoms with Crippen LogP contribution in [0.3, 0.4) is 0 Å². The fourth-order valence-electron chi connectivity index (χ4n) is 3.98. The van der Waals surface area contributed by atoms with Gasteiger partial charge in [0.15, 0.2) is 0 Å². The number of benzene rings is 2. The molecule has 156 valence electrons. The van der Waals surface area contributed by atoms with Gasteiger partial charge in [-0.2, -0.15) is 5.10 Å². The Morgan fingerprint density at radius 1 is 1.00 bits per heavy atom. The standard InChI is InChI=1S/C25H24N4OS/c1-19-8-7-11-21(14-19)29-25(27-12-5-6-13-27)22-15-28(16-23(22)26-29)24(30)18-31-17-20-9-3-2-4-10-20/h2-14H,15-18H2,1H3. The third-order valence-corrected chi connectivity index (χ3v) is 6.50. The van der Waals surface area contributed by atoms with E-state index in [1.165, 1.54) is 11.1 Å². The maximum Gasteiger partial charge on any atom is 0.233 e. The monoisotopic (exact) mass is 428 g/mol. The van der Waals surface area contributed by atoms with Crippen molar-refractivity contribution in [3.05, 3.63) is 102 Å². The topological polar surface area (TPSA) is 43.1 Å². The predicted molar refractivity (Wildman–Crippen MR) is 124 cm³/mol. The fourth-order valence-corrected chi connectivity index (χ4v) is 4.87. The molecule has 0 unspecified atom stereocenters. The van der Waals surface area contributed by atoms with E-state index in [4.69, 9.17) is 5.10 Å². The summed E-state index contributed by atoms with van der Waals surface area (Å²) in [5, 5.41) is 4.91. The zero-order valence-electron chi connectivity index (χ0n) is 17.4. The molecule has 31 heavy (non-hydrogen) atoms. The Balaban J connectivity index is 1.35. The van der Waals surface area contributed by atoms with E-state index in [-0.39, 0.29) is 5.91 Å². The molecule has 0 spiro atoms. The number of aryl methyl sites for hydroxylation is 1. The molecule has 5 rings (SSSR count). The summed E-state index contributed by atoms with van der Waals surface area (Å²) < 4.78 is 4.09. The van der Waals surface area contributed by atoms with Gasteiger partial charge in [-0.3, -0.25) is 4.79 Å². The van der Waals surface area contributed by atoms with Gasteiger partial charge in [0, 0.05) is 23.7 Å². The van der Waals surface area contributed by atoms with E-state index >= 15 is 0 Å². The van der Waals surface area contributed by atoms with Crippen LogP contribution in [0.4, 0.5) is 0 Å². The van der Waals surface area contributed by atoms with Gasteiger partial charge in [0.1, 0.15) is 5.82 Å². The number of carbonyl (C=O) groups excluding carboxylic acids is 1. The molecule has 4 aromatic rings. The van der Waals surface area contributed by atoms with Crippen LogP contribution in [0.15, 0.2) is 79.1 Å². The van der Waals surface area contributed by atoms with E-state index in [2.05, 4.69) is 47.9 Å². The fraction of sp³-hybridized carbons (Fsp3) is 0.200. The van der Waals surface area contributed by atoms with Crippen molar-refractivity contribution < 1.29 is 4.79 Å². The molecular formula is C25H24N4OS. The minimum Gasteiger partial charge on any atom is -0.331 e. The summed E-state index contributed by atoms with van der Waals surface area (Å²) in [5.41, 5.74) is 5.58. The molecule has 0 N–H and O–H groups in total. The van der Waals surface area contributed by atoms with E-state index < -0.39 is 0 Å². The number of hydrogen-bond donors (Lipinski definition) is 0. The Kier molecular flexibility index (Phi) is 5.38. The number of amides is 1. The van der Waals surface area contributed by atoms with Crippen LogP contribution in [0.5, 0.6) is 0 Å². The molecule has 0 fully saturated rings. The second kappa shape index (κ2) is 8.47. The minimum absolute atomic E-state index is 0.166. The molecule has 0 aliphatic carbocycles. The molecule has 5 nitrogen and oxygen atoms in total. The first-order valence-corrected chi connectivity index (χ1v) is 11.5. The van der Waals surface area contributed by atoms with Crippen LogP contribution in [0, 0.1) is 6.92 Å². The lowest BCUT2D eigenvalue weighted by atomic mass is 10.2. The normalized spacial score (nSPS) is 12.9. The largest absolute Gasteiger partial charge is 0.331 e. The van der Waals surface area contributed by atoms with Crippen LogP contribution in [0.25, 0.3) is 11.5 Å². The second-order valence-electron chi connectivity index (χ2n) is 7.82. The van der Waals surface area contributed by atoms with Crippen LogP contribution < -0.4 is 0 Å². The van der Waals surface area contributed by atoms with Gasteiger partial charge >= 0.3 is 0 Å². The average molecular weight is 429 g/mol. The molecule has 0 atom stereocenters. The molecule has 0 bridgehead atoms. The van der Waals surface area contributed by atoms with Gasteiger partial charge < -0.3 is 9.47 Å². The Bertz CT molecular complexity index is 1200. The van der Waals surface area contributed by atoms with Crippen molar-refractivity contribution in [2.24, 2.45) is 0 Å². The number of aromatic nitrogens is 3. The van der Waals surface area contributed by atoms with Crippen molar-refractivity contribution in [1.29, 1.82) is 0 Å². The predicted octanol–water partition coefficient (Wildman–Crippen LogP) is 4.75. The zero-order valence-corrected chi connectivity index (χ0v) is 18.3. The number of thioether (sulfide) groups is 1. The van der Waals surface area contributed by atoms with E-state index in [0.717, 1.165) is 28.5 Å². The molecule has 3 heterocycles. The van der Waals surface area contributed by atoms with Crippen molar-refractivity contribution >= 4 is 17.7 Å². The lowest BCUT2D eigenvalue weighted by Crippen LogP contribution is -2.28. The highest BCUT2D eigenvalue weighted by atomic mass is 32.2. The highest BCUT2D eigenvalue weighted by Crippen LogP contribution is 2.31. The van der Waals surface area contributed by atoms with E-state index in [9.17, 15) is 4.79 Å². The molecule has 1 amide bonds. The summed E-state index contributed by atoms with van der Waals surface area (Å²) in [6.45, 7) is 3.25. The molecule has 2 aromatic carbocycles. The molecule has 6 heteroatoms. The van der Waals surface area contributed by atoms with Crippen molar-refractivity contribution in [3.8, 4) is 11.5 Å². The van der Waals surface area contributed by atoms with Gasteiger partial charge in [-0.15, -0.1) is 11.8 Å². The van der Waals surface area contributed by atoms with E-state index in [1.54, 1.807) is 11.8 Å². The summed E-state index contributed by atoms with van der Waals surface area (Å²) in [5.74, 6) is 2.51. The van der Waals surface area contributed by atoms with Gasteiger partial charge in [-0.05, 0) is 42.3 Å². The molecule has 1 aliphatic rings. The van der Waals surface area contributed by atoms with Gasteiger partial charge in [0.05, 0.1) is 30.2 Å². The van der Waals surface area contributed by atoms with E-state index in [1.807, 2.05) is 52.3 Å². The summed E-state index contributed by atoms with van der Waals surface area (Å²) >= 11 is 1.66. The summed E-state index contributed by atoms with van der Waals surface area (Å²) in [6, 6.07) is 22.7. The Morgan fingerprint density at radius 2 is 1.81 bits per heavy atom. The quantitative estimate of drug-likeness (QED) is 0.445. The Labute approximate surface area is 186 Å². The van der Waals surface area contributed by atoms with Gasteiger partial charge in [0.25, 0.3) is 0 Å². The number of hydrogen-bond acceptors (Lipinski definition) is 3. The molecular weight excluding hydrogens is 404 g/mol. The van der Waals surface area contributed by atoms with Crippen molar-refractivity contribution in [1.82, 2.24) is 19.2 Å². The van der Waals surface area contributed by atoms with Crippen molar-refractivity contribution in [2.45, 2.75) is 25.8 Å². The Hall–Kier alpha value is -3.25. The lowest BCUT2D eigenvalue weighted by molar-refractivity contribution is -0.128. The molecule has 0 saturated carbocycles. The van der Waals surface area contributed by atoms with Gasteiger partial charge in [0.2, 0.25) is 5.91 Å². The first-order valence-electron chi connectivity index (χ1n) is 10.4. The SMILES string of the molecule is Cc1cccc(-n2nc3c(c2-n2cccc2)CN(C(=O)CSCc2ccccc2)C3)c1. The van der Waals surface area contributed by atoms with Crippen LogP contribution >= 0.6 is 11.8 Å². The second-order valence-corrected chi connectivity index (χ2v) is 8.80. The highest BCUT2D eigenvalue weighted by Gasteiger charge is 2.31. The number of rotatable bonds is 6. The third kappa shape index (κ3) is 4.03. The molecule has 0 radical (unpaired) electrons. The number of fused-ring (bicyclic) bond motifs is 1. The lowest BCUT2D eigenvalue weighted by Gasteiger charge is -2.17. The summed E-state index contributed by atoms with van der Waals surface area (Å²) in [6.07, 6.45) is 4.06. The van der Waals surface area contributed by atoms with Gasteiger partial charge in [-0.1, -0.05) is 42.5 Å². The van der Waals surface area contributed by atoms with Crippen molar-refractivity contribution in [3.63, 3.8) is 0 Å². The average Bonchev–Trinajstić information content (AvgIpc) is 3.50. The first-order chi connectivity index (χ1) is 15.2. The van der Waals surface area contributed by atoms with Crippen LogP contribution in [0.2, 0.25) is 0 Å². The van der Waals surface area contributed by atoms with Crippen LogP contribution in [-0.2, 0) is 23.6 Å². The zero-order chi connectivity index (χ0) is 21.2. The summed E-state index contributed by atoms with van der Waals surface area (Å²) in [4.78, 5) is 14.8. The van der Waals surface area contributed by atoms with E-state index in [0.29, 0.717) is 18.8 Å². The van der Waals surface area contributed by atoms with Crippen LogP contribution in [0.1, 0.15) is 22.4 Å². The third-order valence-electron chi connectivity index (χ3n) is 5.51. The first kappa shape index (κ1) is 19.7. The molecule has 1 aliphatic heterocycles. The Morgan fingerprint density at radius 3 is 2.58 bits per heavy atom. The smallest absolute Gasteiger partial charge is 0.233 e. The summed E-state index contributed by atoms with van der Waals surface area (Å²) in [7, 11) is 0. The highest BCUT2D eigenvalue weighted by molar-refractivity contribution is 7.99. The minimum atomic E-state index is 0.166. The number of nitrogens with zero attached hydrogens (tertiary/aromatic N) is 4. The number of carbonyl (C=O) groups is 1. The molecule has 2 aromatic heterocycles. The van der Waals surface area contributed by atoms with Crippen molar-refractivity contribution in [2.75, 3.05) is 5.75 Å². The van der Waals surface area contributed by atoms with Gasteiger partial charge in [-0.25, -0.2) is 4.68 Å². The molecule has 0 saturated heterocycles. The maximum atomic E-state index is 12.9.